The Morgan fingerprint density at radius 3 is 2.71 bits per heavy atom. The predicted octanol–water partition coefficient (Wildman–Crippen LogP) is 3.69. The number of benzene rings is 1. The van der Waals surface area contributed by atoms with Crippen molar-refractivity contribution >= 4 is 21.6 Å². The van der Waals surface area contributed by atoms with Gasteiger partial charge < -0.3 is 4.90 Å². The maximum Gasteiger partial charge on any atom is 0.161 e. The van der Waals surface area contributed by atoms with Crippen LogP contribution in [0.2, 0.25) is 0 Å². The Morgan fingerprint density at radius 1 is 1.47 bits per heavy atom. The number of hydrogen-bond acceptors (Lipinski definition) is 2. The van der Waals surface area contributed by atoms with Gasteiger partial charge in [-0.1, -0.05) is 6.92 Å². The first-order chi connectivity index (χ1) is 8.04. The average molecular weight is 297 g/mol. The third kappa shape index (κ3) is 2.16. The summed E-state index contributed by atoms with van der Waals surface area (Å²) in [6, 6.07) is 5.68. The summed E-state index contributed by atoms with van der Waals surface area (Å²) in [6.07, 6.45) is 1.08. The summed E-state index contributed by atoms with van der Waals surface area (Å²) in [4.78, 5) is 2.08. The molecule has 0 bridgehead atoms. The highest BCUT2D eigenvalue weighted by Crippen LogP contribution is 2.34. The minimum Gasteiger partial charge on any atom is -0.366 e. The Morgan fingerprint density at radius 2 is 2.18 bits per heavy atom. The lowest BCUT2D eigenvalue weighted by atomic mass is 10.1. The van der Waals surface area contributed by atoms with Gasteiger partial charge in [-0.2, -0.15) is 5.26 Å². The first kappa shape index (κ1) is 12.4. The predicted molar refractivity (Wildman–Crippen MR) is 69.4 cm³/mol. The van der Waals surface area contributed by atoms with Gasteiger partial charge in [-0.3, -0.25) is 0 Å². The van der Waals surface area contributed by atoms with Crippen molar-refractivity contribution in [2.45, 2.75) is 26.3 Å². The van der Waals surface area contributed by atoms with Gasteiger partial charge in [-0.15, -0.1) is 0 Å². The lowest BCUT2D eigenvalue weighted by Gasteiger charge is -2.24. The Bertz CT molecular complexity index is 481. The molecule has 0 aromatic heterocycles. The second-order valence-electron chi connectivity index (χ2n) is 4.71. The van der Waals surface area contributed by atoms with Crippen molar-refractivity contribution in [3.05, 3.63) is 28.0 Å². The number of anilines is 1. The normalized spacial score (nSPS) is 23.8. The number of nitrogens with zero attached hydrogens (tertiary/aromatic N) is 2. The molecule has 1 aromatic rings. The molecule has 1 fully saturated rings. The summed E-state index contributed by atoms with van der Waals surface area (Å²) in [6.45, 7) is 5.15. The van der Waals surface area contributed by atoms with Crippen LogP contribution in [-0.4, -0.2) is 12.6 Å². The molecule has 17 heavy (non-hydrogen) atoms. The van der Waals surface area contributed by atoms with Crippen LogP contribution in [-0.2, 0) is 0 Å². The molecule has 2 atom stereocenters. The van der Waals surface area contributed by atoms with Crippen LogP contribution in [0, 0.1) is 23.1 Å². The van der Waals surface area contributed by atoms with Crippen molar-refractivity contribution in [3.63, 3.8) is 0 Å². The largest absolute Gasteiger partial charge is 0.366 e. The molecule has 2 unspecified atom stereocenters. The third-order valence-electron chi connectivity index (χ3n) is 3.28. The monoisotopic (exact) mass is 296 g/mol. The van der Waals surface area contributed by atoms with Crippen molar-refractivity contribution < 1.29 is 4.39 Å². The van der Waals surface area contributed by atoms with Crippen LogP contribution in [0.4, 0.5) is 10.1 Å². The van der Waals surface area contributed by atoms with Gasteiger partial charge in [0.05, 0.1) is 15.7 Å². The average Bonchev–Trinajstić information content (AvgIpc) is 2.62. The van der Waals surface area contributed by atoms with Crippen LogP contribution in [0.5, 0.6) is 0 Å². The van der Waals surface area contributed by atoms with Crippen LogP contribution in [0.15, 0.2) is 16.6 Å². The highest BCUT2D eigenvalue weighted by Gasteiger charge is 2.28. The summed E-state index contributed by atoms with van der Waals surface area (Å²) < 4.78 is 14.4. The standard InChI is InChI=1S/C13H14BrFN2/c1-8-5-9(2)17(7-8)11-4-3-10(6-16)12(14)13(11)15/h3-4,8-9H,5,7H2,1-2H3. The Balaban J connectivity index is 2.41. The smallest absolute Gasteiger partial charge is 0.161 e. The minimum atomic E-state index is -0.329. The summed E-state index contributed by atoms with van der Waals surface area (Å²) in [5, 5.41) is 8.83. The van der Waals surface area contributed by atoms with Crippen molar-refractivity contribution in [1.82, 2.24) is 0 Å². The molecule has 1 heterocycles. The molecule has 1 aliphatic rings. The van der Waals surface area contributed by atoms with E-state index in [1.54, 1.807) is 12.1 Å². The zero-order valence-electron chi connectivity index (χ0n) is 9.87. The van der Waals surface area contributed by atoms with Crippen molar-refractivity contribution in [2.24, 2.45) is 5.92 Å². The van der Waals surface area contributed by atoms with E-state index in [0.29, 0.717) is 23.2 Å². The lowest BCUT2D eigenvalue weighted by molar-refractivity contribution is 0.606. The molecule has 0 amide bonds. The Kier molecular flexibility index (Phi) is 3.39. The molecular formula is C13H14BrFN2. The molecule has 1 aromatic carbocycles. The van der Waals surface area contributed by atoms with Gasteiger partial charge in [0.2, 0.25) is 0 Å². The van der Waals surface area contributed by atoms with E-state index >= 15 is 0 Å². The van der Waals surface area contributed by atoms with Crippen LogP contribution in [0.1, 0.15) is 25.8 Å². The summed E-state index contributed by atoms with van der Waals surface area (Å²) >= 11 is 3.15. The summed E-state index contributed by atoms with van der Waals surface area (Å²) in [7, 11) is 0. The SMILES string of the molecule is CC1CC(C)N(c2ccc(C#N)c(Br)c2F)C1. The van der Waals surface area contributed by atoms with E-state index in [0.717, 1.165) is 13.0 Å². The van der Waals surface area contributed by atoms with Crippen LogP contribution >= 0.6 is 15.9 Å². The minimum absolute atomic E-state index is 0.268. The molecule has 2 nitrogen and oxygen atoms in total. The van der Waals surface area contributed by atoms with E-state index in [1.165, 1.54) is 0 Å². The van der Waals surface area contributed by atoms with Crippen molar-refractivity contribution in [3.8, 4) is 6.07 Å². The van der Waals surface area contributed by atoms with Gasteiger partial charge in [0.15, 0.2) is 5.82 Å². The number of rotatable bonds is 1. The fourth-order valence-electron chi connectivity index (χ4n) is 2.48. The first-order valence-electron chi connectivity index (χ1n) is 5.69. The second-order valence-corrected chi connectivity index (χ2v) is 5.51. The van der Waals surface area contributed by atoms with E-state index in [-0.39, 0.29) is 10.3 Å². The van der Waals surface area contributed by atoms with Gasteiger partial charge in [0.1, 0.15) is 6.07 Å². The third-order valence-corrected chi connectivity index (χ3v) is 4.05. The van der Waals surface area contributed by atoms with E-state index in [2.05, 4.69) is 34.7 Å². The van der Waals surface area contributed by atoms with Crippen LogP contribution in [0.3, 0.4) is 0 Å². The highest BCUT2D eigenvalue weighted by molar-refractivity contribution is 9.10. The summed E-state index contributed by atoms with van der Waals surface area (Å²) in [5.41, 5.74) is 0.930. The van der Waals surface area contributed by atoms with Crippen molar-refractivity contribution in [1.29, 1.82) is 5.26 Å². The van der Waals surface area contributed by atoms with Gasteiger partial charge in [-0.05, 0) is 47.3 Å². The molecular weight excluding hydrogens is 283 g/mol. The quantitative estimate of drug-likeness (QED) is 0.790. The molecule has 2 rings (SSSR count). The first-order valence-corrected chi connectivity index (χ1v) is 6.48. The van der Waals surface area contributed by atoms with Crippen LogP contribution in [0.25, 0.3) is 0 Å². The van der Waals surface area contributed by atoms with Gasteiger partial charge >= 0.3 is 0 Å². The van der Waals surface area contributed by atoms with Gasteiger partial charge in [0.25, 0.3) is 0 Å². The maximum absolute atomic E-state index is 14.2. The highest BCUT2D eigenvalue weighted by atomic mass is 79.9. The Labute approximate surface area is 109 Å². The lowest BCUT2D eigenvalue weighted by Crippen LogP contribution is -2.27. The summed E-state index contributed by atoms with van der Waals surface area (Å²) in [5.74, 6) is 0.254. The molecule has 0 aliphatic carbocycles. The molecule has 0 radical (unpaired) electrons. The van der Waals surface area contributed by atoms with E-state index in [9.17, 15) is 4.39 Å². The fourth-order valence-corrected chi connectivity index (χ4v) is 2.91. The maximum atomic E-state index is 14.2. The molecule has 0 N–H and O–H groups in total. The molecule has 4 heteroatoms. The van der Waals surface area contributed by atoms with Gasteiger partial charge in [-0.25, -0.2) is 4.39 Å². The van der Waals surface area contributed by atoms with Crippen LogP contribution < -0.4 is 4.90 Å². The van der Waals surface area contributed by atoms with E-state index in [4.69, 9.17) is 5.26 Å². The zero-order chi connectivity index (χ0) is 12.6. The molecule has 0 saturated carbocycles. The van der Waals surface area contributed by atoms with E-state index in [1.807, 2.05) is 6.07 Å². The Hall–Kier alpha value is -1.08. The molecule has 1 aliphatic heterocycles. The molecule has 0 spiro atoms. The zero-order valence-corrected chi connectivity index (χ0v) is 11.5. The van der Waals surface area contributed by atoms with E-state index < -0.39 is 0 Å². The number of nitriles is 1. The second kappa shape index (κ2) is 4.66. The molecule has 1 saturated heterocycles. The number of hydrogen-bond donors (Lipinski definition) is 0. The molecule has 90 valence electrons. The number of halogens is 2. The fraction of sp³-hybridized carbons (Fsp3) is 0.462. The van der Waals surface area contributed by atoms with Gasteiger partial charge in [0, 0.05) is 12.6 Å². The van der Waals surface area contributed by atoms with Crippen molar-refractivity contribution in [2.75, 3.05) is 11.4 Å². The topological polar surface area (TPSA) is 27.0 Å².